The van der Waals surface area contributed by atoms with E-state index in [0.717, 1.165) is 19.3 Å². The van der Waals surface area contributed by atoms with Crippen LogP contribution in [0.25, 0.3) is 6.08 Å². The minimum absolute atomic E-state index is 0.108. The minimum atomic E-state index is -1.23. The lowest BCUT2D eigenvalue weighted by molar-refractivity contribution is -0.385. The highest BCUT2D eigenvalue weighted by Crippen LogP contribution is 2.31. The van der Waals surface area contributed by atoms with Gasteiger partial charge >= 0.3 is 11.7 Å². The summed E-state index contributed by atoms with van der Waals surface area (Å²) in [6, 6.07) is 12.4. The van der Waals surface area contributed by atoms with Crippen LogP contribution >= 0.6 is 0 Å². The van der Waals surface area contributed by atoms with E-state index in [9.17, 15) is 24.8 Å². The Bertz CT molecular complexity index is 978. The normalized spacial score (nSPS) is 14.3. The molecule has 3 rings (SSSR count). The number of carboxylic acids is 1. The Kier molecular flexibility index (Phi) is 7.37. The van der Waals surface area contributed by atoms with Crippen molar-refractivity contribution < 1.29 is 24.4 Å². The lowest BCUT2D eigenvalue weighted by Gasteiger charge is -2.10. The van der Waals surface area contributed by atoms with Gasteiger partial charge in [-0.1, -0.05) is 49.9 Å². The van der Waals surface area contributed by atoms with Gasteiger partial charge < -0.3 is 15.2 Å². The first-order valence-corrected chi connectivity index (χ1v) is 10.2. The molecule has 1 saturated carbocycles. The van der Waals surface area contributed by atoms with E-state index in [2.05, 4.69) is 5.32 Å². The van der Waals surface area contributed by atoms with E-state index in [1.165, 1.54) is 31.1 Å². The van der Waals surface area contributed by atoms with Gasteiger partial charge in [-0.05, 0) is 42.2 Å². The minimum Gasteiger partial charge on any atom is -0.477 e. The highest BCUT2D eigenvalue weighted by Gasteiger charge is 2.18. The number of carbonyl (C=O) groups is 2. The van der Waals surface area contributed by atoms with E-state index in [1.807, 2.05) is 0 Å². The molecule has 1 aliphatic carbocycles. The van der Waals surface area contributed by atoms with E-state index in [0.29, 0.717) is 23.7 Å². The SMILES string of the molecule is O=C(CCC1CCCC1)NC(=Cc1ccc(Oc2ccccc2[N+](=O)[O-])cc1)C(=O)O. The third kappa shape index (κ3) is 6.40. The van der Waals surface area contributed by atoms with Crippen molar-refractivity contribution in [1.82, 2.24) is 5.32 Å². The molecule has 0 aliphatic heterocycles. The van der Waals surface area contributed by atoms with Gasteiger partial charge in [-0.15, -0.1) is 0 Å². The number of hydrogen-bond donors (Lipinski definition) is 2. The molecule has 0 spiro atoms. The zero-order chi connectivity index (χ0) is 22.2. The summed E-state index contributed by atoms with van der Waals surface area (Å²) in [7, 11) is 0. The van der Waals surface area contributed by atoms with Crippen LogP contribution in [0.3, 0.4) is 0 Å². The smallest absolute Gasteiger partial charge is 0.352 e. The molecule has 1 aliphatic rings. The number of ether oxygens (including phenoxy) is 1. The van der Waals surface area contributed by atoms with Gasteiger partial charge in [-0.25, -0.2) is 4.79 Å². The number of para-hydroxylation sites is 2. The van der Waals surface area contributed by atoms with Gasteiger partial charge in [-0.3, -0.25) is 14.9 Å². The summed E-state index contributed by atoms with van der Waals surface area (Å²) < 4.78 is 5.58. The molecule has 8 nitrogen and oxygen atoms in total. The number of benzene rings is 2. The second-order valence-electron chi connectivity index (χ2n) is 7.50. The number of nitrogens with zero attached hydrogens (tertiary/aromatic N) is 1. The van der Waals surface area contributed by atoms with E-state index in [4.69, 9.17) is 4.74 Å². The van der Waals surface area contributed by atoms with E-state index in [1.54, 1.807) is 36.4 Å². The van der Waals surface area contributed by atoms with Crippen LogP contribution in [0.4, 0.5) is 5.69 Å². The number of hydrogen-bond acceptors (Lipinski definition) is 5. The van der Waals surface area contributed by atoms with Crippen LogP contribution in [-0.4, -0.2) is 21.9 Å². The number of amides is 1. The van der Waals surface area contributed by atoms with Crippen LogP contribution in [0.15, 0.2) is 54.2 Å². The molecule has 2 aromatic carbocycles. The van der Waals surface area contributed by atoms with Crippen molar-refractivity contribution in [2.24, 2.45) is 5.92 Å². The molecule has 1 amide bonds. The lowest BCUT2D eigenvalue weighted by atomic mass is 10.0. The summed E-state index contributed by atoms with van der Waals surface area (Å²) in [5.74, 6) is -0.511. The van der Waals surface area contributed by atoms with Crippen LogP contribution < -0.4 is 10.1 Å². The fourth-order valence-electron chi connectivity index (χ4n) is 3.62. The number of carboxylic acid groups (broad SMARTS) is 1. The number of nitrogens with one attached hydrogen (secondary N) is 1. The summed E-state index contributed by atoms with van der Waals surface area (Å²) >= 11 is 0. The first kappa shape index (κ1) is 22.0. The van der Waals surface area contributed by atoms with Gasteiger partial charge in [0, 0.05) is 12.5 Å². The van der Waals surface area contributed by atoms with E-state index >= 15 is 0 Å². The monoisotopic (exact) mass is 424 g/mol. The summed E-state index contributed by atoms with van der Waals surface area (Å²) in [5.41, 5.74) is 0.187. The number of aliphatic carboxylic acids is 1. The van der Waals surface area contributed by atoms with Gasteiger partial charge in [-0.2, -0.15) is 0 Å². The second kappa shape index (κ2) is 10.4. The topological polar surface area (TPSA) is 119 Å². The molecule has 1 fully saturated rings. The Morgan fingerprint density at radius 3 is 2.45 bits per heavy atom. The fraction of sp³-hybridized carbons (Fsp3) is 0.304. The highest BCUT2D eigenvalue weighted by molar-refractivity contribution is 5.96. The Morgan fingerprint density at radius 2 is 1.81 bits per heavy atom. The van der Waals surface area contributed by atoms with E-state index < -0.39 is 10.9 Å². The second-order valence-corrected chi connectivity index (χ2v) is 7.50. The number of nitro benzene ring substituents is 1. The molecule has 0 aromatic heterocycles. The Morgan fingerprint density at radius 1 is 1.13 bits per heavy atom. The molecule has 2 N–H and O–H groups in total. The van der Waals surface area contributed by atoms with Crippen LogP contribution in [0.1, 0.15) is 44.1 Å². The zero-order valence-corrected chi connectivity index (χ0v) is 17.0. The van der Waals surface area contributed by atoms with Gasteiger partial charge in [0.15, 0.2) is 0 Å². The molecule has 2 aromatic rings. The average molecular weight is 424 g/mol. The Labute approximate surface area is 179 Å². The molecular weight excluding hydrogens is 400 g/mol. The van der Waals surface area contributed by atoms with Crippen molar-refractivity contribution in [3.05, 3.63) is 69.9 Å². The predicted molar refractivity (Wildman–Crippen MR) is 115 cm³/mol. The molecule has 31 heavy (non-hydrogen) atoms. The molecule has 0 saturated heterocycles. The maximum Gasteiger partial charge on any atom is 0.352 e. The summed E-state index contributed by atoms with van der Waals surface area (Å²) in [4.78, 5) is 34.3. The van der Waals surface area contributed by atoms with Crippen LogP contribution in [0.5, 0.6) is 11.5 Å². The van der Waals surface area contributed by atoms with Crippen LogP contribution in [0, 0.1) is 16.0 Å². The highest BCUT2D eigenvalue weighted by atomic mass is 16.6. The summed E-state index contributed by atoms with van der Waals surface area (Å²) in [5, 5.41) is 23.0. The van der Waals surface area contributed by atoms with Crippen molar-refractivity contribution in [2.75, 3.05) is 0 Å². The lowest BCUT2D eigenvalue weighted by Crippen LogP contribution is -2.27. The van der Waals surface area contributed by atoms with Gasteiger partial charge in [0.2, 0.25) is 11.7 Å². The predicted octanol–water partition coefficient (Wildman–Crippen LogP) is 4.90. The van der Waals surface area contributed by atoms with Gasteiger partial charge in [0.25, 0.3) is 0 Å². The molecule has 162 valence electrons. The maximum atomic E-state index is 12.2. The van der Waals surface area contributed by atoms with Crippen molar-refractivity contribution in [1.29, 1.82) is 0 Å². The van der Waals surface area contributed by atoms with Gasteiger partial charge in [0.1, 0.15) is 11.4 Å². The third-order valence-electron chi connectivity index (χ3n) is 5.24. The Hall–Kier alpha value is -3.68. The molecule has 0 atom stereocenters. The summed E-state index contributed by atoms with van der Waals surface area (Å²) in [6.07, 6.45) is 7.11. The first-order chi connectivity index (χ1) is 14.9. The summed E-state index contributed by atoms with van der Waals surface area (Å²) in [6.45, 7) is 0. The number of carbonyl (C=O) groups excluding carboxylic acids is 1. The van der Waals surface area contributed by atoms with Gasteiger partial charge in [0.05, 0.1) is 4.92 Å². The third-order valence-corrected chi connectivity index (χ3v) is 5.24. The Balaban J connectivity index is 1.64. The fourth-order valence-corrected chi connectivity index (χ4v) is 3.62. The first-order valence-electron chi connectivity index (χ1n) is 10.2. The van der Waals surface area contributed by atoms with Crippen molar-refractivity contribution in [3.8, 4) is 11.5 Å². The molecule has 0 heterocycles. The maximum absolute atomic E-state index is 12.2. The molecular formula is C23H24N2O6. The molecule has 8 heteroatoms. The van der Waals surface area contributed by atoms with Crippen LogP contribution in [-0.2, 0) is 9.59 Å². The molecule has 0 radical (unpaired) electrons. The van der Waals surface area contributed by atoms with Crippen molar-refractivity contribution in [3.63, 3.8) is 0 Å². The number of rotatable bonds is 9. The number of nitro groups is 1. The largest absolute Gasteiger partial charge is 0.477 e. The molecule has 0 unspecified atom stereocenters. The standard InChI is InChI=1S/C23H24N2O6/c26-22(14-11-16-5-1-2-6-16)24-19(23(27)28)15-17-9-12-18(13-10-17)31-21-8-4-3-7-20(21)25(29)30/h3-4,7-10,12-13,15-16H,1-2,5-6,11,14H2,(H,24,26)(H,27,28). The van der Waals surface area contributed by atoms with E-state index in [-0.39, 0.29) is 23.0 Å². The van der Waals surface area contributed by atoms with Crippen LogP contribution in [0.2, 0.25) is 0 Å². The van der Waals surface area contributed by atoms with Crippen molar-refractivity contribution >= 4 is 23.6 Å². The van der Waals surface area contributed by atoms with Crippen molar-refractivity contribution in [2.45, 2.75) is 38.5 Å². The average Bonchev–Trinajstić information content (AvgIpc) is 3.27. The zero-order valence-electron chi connectivity index (χ0n) is 17.0. The molecule has 0 bridgehead atoms. The quantitative estimate of drug-likeness (QED) is 0.336.